The monoisotopic (exact) mass is 321 g/mol. The van der Waals surface area contributed by atoms with E-state index in [1.807, 2.05) is 30.0 Å². The van der Waals surface area contributed by atoms with Crippen LogP contribution in [0.3, 0.4) is 0 Å². The Morgan fingerprint density at radius 3 is 2.77 bits per heavy atom. The lowest BCUT2D eigenvalue weighted by molar-refractivity contribution is -0.119. The van der Waals surface area contributed by atoms with E-state index in [9.17, 15) is 9.59 Å². The molecular weight excluding hydrogens is 298 g/mol. The van der Waals surface area contributed by atoms with Crippen molar-refractivity contribution in [3.05, 3.63) is 15.8 Å². The molecule has 0 aromatic carbocycles. The molecular formula is C16H23N3O2S. The van der Waals surface area contributed by atoms with Crippen molar-refractivity contribution in [1.29, 1.82) is 0 Å². The predicted octanol–water partition coefficient (Wildman–Crippen LogP) is 1.87. The van der Waals surface area contributed by atoms with Crippen LogP contribution in [0.1, 0.15) is 40.2 Å². The first-order valence-electron chi connectivity index (χ1n) is 7.93. The minimum absolute atomic E-state index is 0.0197. The summed E-state index contributed by atoms with van der Waals surface area (Å²) in [5, 5.41) is 3.12. The number of hydrogen-bond donors (Lipinski definition) is 1. The van der Waals surface area contributed by atoms with Crippen LogP contribution in [0.25, 0.3) is 0 Å². The van der Waals surface area contributed by atoms with E-state index in [0.717, 1.165) is 41.2 Å². The number of thiophene rings is 1. The molecule has 3 rings (SSSR count). The van der Waals surface area contributed by atoms with Crippen LogP contribution in [0.5, 0.6) is 0 Å². The number of amides is 2. The molecule has 1 N–H and O–H groups in total. The maximum Gasteiger partial charge on any atom is 0.261 e. The van der Waals surface area contributed by atoms with Gasteiger partial charge in [0.15, 0.2) is 0 Å². The van der Waals surface area contributed by atoms with Gasteiger partial charge in [-0.05, 0) is 33.0 Å². The zero-order valence-electron chi connectivity index (χ0n) is 13.2. The van der Waals surface area contributed by atoms with Crippen molar-refractivity contribution >= 4 is 28.8 Å². The average molecular weight is 321 g/mol. The molecule has 0 atom stereocenters. The summed E-state index contributed by atoms with van der Waals surface area (Å²) in [5.74, 6) is 0.121. The fraction of sp³-hybridized carbons (Fsp3) is 0.625. The second-order valence-corrected chi connectivity index (χ2v) is 7.54. The van der Waals surface area contributed by atoms with Crippen molar-refractivity contribution < 1.29 is 9.59 Å². The molecule has 1 aliphatic carbocycles. The van der Waals surface area contributed by atoms with Gasteiger partial charge in [0.1, 0.15) is 0 Å². The molecule has 1 aliphatic heterocycles. The van der Waals surface area contributed by atoms with Crippen LogP contribution < -0.4 is 10.2 Å². The summed E-state index contributed by atoms with van der Waals surface area (Å²) < 4.78 is 0. The number of fused-ring (bicyclic) bond motifs is 1. The highest BCUT2D eigenvalue weighted by Crippen LogP contribution is 2.36. The second-order valence-electron chi connectivity index (χ2n) is 6.41. The van der Waals surface area contributed by atoms with Gasteiger partial charge in [0, 0.05) is 23.9 Å². The van der Waals surface area contributed by atoms with E-state index in [1.54, 1.807) is 0 Å². The third-order valence-electron chi connectivity index (χ3n) is 4.31. The normalized spacial score (nSPS) is 18.0. The fourth-order valence-corrected chi connectivity index (χ4v) is 4.27. The molecule has 1 aromatic heterocycles. The van der Waals surface area contributed by atoms with E-state index >= 15 is 0 Å². The molecule has 0 unspecified atom stereocenters. The topological polar surface area (TPSA) is 52.7 Å². The molecule has 120 valence electrons. The highest BCUT2D eigenvalue weighted by Gasteiger charge is 2.29. The number of carbonyl (C=O) groups is 2. The van der Waals surface area contributed by atoms with Crippen molar-refractivity contribution in [2.75, 3.05) is 32.1 Å². The summed E-state index contributed by atoms with van der Waals surface area (Å²) in [6.07, 6.45) is 5.45. The first-order chi connectivity index (χ1) is 10.5. The molecule has 5 nitrogen and oxygen atoms in total. The molecule has 22 heavy (non-hydrogen) atoms. The highest BCUT2D eigenvalue weighted by molar-refractivity contribution is 7.14. The summed E-state index contributed by atoms with van der Waals surface area (Å²) >= 11 is 1.53. The summed E-state index contributed by atoms with van der Waals surface area (Å²) in [6, 6.07) is 2.22. The maximum atomic E-state index is 12.3. The van der Waals surface area contributed by atoms with Gasteiger partial charge in [0.05, 0.1) is 17.1 Å². The minimum Gasteiger partial charge on any atom is -0.349 e. The molecule has 2 amide bonds. The van der Waals surface area contributed by atoms with Gasteiger partial charge < -0.3 is 15.1 Å². The number of likely N-dealkylation sites (N-methyl/N-ethyl adjacent to an activating group) is 1. The van der Waals surface area contributed by atoms with Crippen LogP contribution in [-0.2, 0) is 11.2 Å². The van der Waals surface area contributed by atoms with Crippen LogP contribution in [0.2, 0.25) is 0 Å². The van der Waals surface area contributed by atoms with Crippen molar-refractivity contribution in [3.63, 3.8) is 0 Å². The Balaban J connectivity index is 1.69. The van der Waals surface area contributed by atoms with E-state index in [2.05, 4.69) is 5.32 Å². The third-order valence-corrected chi connectivity index (χ3v) is 5.49. The molecule has 0 saturated heterocycles. The van der Waals surface area contributed by atoms with Crippen molar-refractivity contribution in [1.82, 2.24) is 10.2 Å². The van der Waals surface area contributed by atoms with Gasteiger partial charge >= 0.3 is 0 Å². The van der Waals surface area contributed by atoms with Gasteiger partial charge in [-0.1, -0.05) is 12.8 Å². The largest absolute Gasteiger partial charge is 0.349 e. The number of rotatable bonds is 4. The smallest absolute Gasteiger partial charge is 0.261 e. The van der Waals surface area contributed by atoms with E-state index in [1.165, 1.54) is 24.2 Å². The lowest BCUT2D eigenvalue weighted by atomic mass is 10.2. The molecule has 0 spiro atoms. The standard InChI is InChI=1S/C16H23N3O2S/c1-18(2)10-15(20)19-8-7-13-12(19)9-14(22-13)16(21)17-11-5-3-4-6-11/h9,11H,3-8,10H2,1-2H3,(H,17,21). The maximum absolute atomic E-state index is 12.3. The quantitative estimate of drug-likeness (QED) is 0.921. The lowest BCUT2D eigenvalue weighted by Crippen LogP contribution is -2.36. The van der Waals surface area contributed by atoms with Crippen LogP contribution in [0.4, 0.5) is 5.69 Å². The van der Waals surface area contributed by atoms with Gasteiger partial charge in [-0.15, -0.1) is 11.3 Å². The molecule has 2 heterocycles. The Labute approximate surface area is 135 Å². The predicted molar refractivity (Wildman–Crippen MR) is 88.7 cm³/mol. The number of nitrogens with zero attached hydrogens (tertiary/aromatic N) is 2. The molecule has 1 aromatic rings. The summed E-state index contributed by atoms with van der Waals surface area (Å²) in [7, 11) is 3.78. The molecule has 6 heteroatoms. The van der Waals surface area contributed by atoms with Crippen LogP contribution in [0.15, 0.2) is 6.07 Å². The molecule has 0 radical (unpaired) electrons. The lowest BCUT2D eigenvalue weighted by Gasteiger charge is -2.18. The fourth-order valence-electron chi connectivity index (χ4n) is 3.21. The van der Waals surface area contributed by atoms with Crippen LogP contribution in [-0.4, -0.2) is 49.9 Å². The summed E-state index contributed by atoms with van der Waals surface area (Å²) in [6.45, 7) is 1.14. The Kier molecular flexibility index (Phi) is 4.49. The number of carbonyl (C=O) groups excluding carboxylic acids is 2. The van der Waals surface area contributed by atoms with Gasteiger partial charge in [0.25, 0.3) is 5.91 Å². The Hall–Kier alpha value is -1.40. The Bertz CT molecular complexity index is 576. The van der Waals surface area contributed by atoms with Gasteiger partial charge in [-0.3, -0.25) is 9.59 Å². The van der Waals surface area contributed by atoms with Gasteiger partial charge in [0.2, 0.25) is 5.91 Å². The summed E-state index contributed by atoms with van der Waals surface area (Å²) in [4.78, 5) is 30.2. The Morgan fingerprint density at radius 1 is 1.36 bits per heavy atom. The number of nitrogens with one attached hydrogen (secondary N) is 1. The second kappa shape index (κ2) is 6.38. The Morgan fingerprint density at radius 2 is 2.09 bits per heavy atom. The zero-order chi connectivity index (χ0) is 15.7. The van der Waals surface area contributed by atoms with E-state index in [0.29, 0.717) is 12.6 Å². The molecule has 2 aliphatic rings. The number of hydrogen-bond acceptors (Lipinski definition) is 4. The summed E-state index contributed by atoms with van der Waals surface area (Å²) in [5.41, 5.74) is 0.938. The SMILES string of the molecule is CN(C)CC(=O)N1CCc2sc(C(=O)NC3CCCC3)cc21. The van der Waals surface area contributed by atoms with Gasteiger partial charge in [-0.2, -0.15) is 0 Å². The minimum atomic E-state index is 0.0197. The molecule has 1 saturated carbocycles. The van der Waals surface area contributed by atoms with E-state index in [-0.39, 0.29) is 11.8 Å². The third kappa shape index (κ3) is 3.17. The van der Waals surface area contributed by atoms with Crippen molar-refractivity contribution in [2.24, 2.45) is 0 Å². The first kappa shape index (κ1) is 15.5. The van der Waals surface area contributed by atoms with Crippen LogP contribution in [0, 0.1) is 0 Å². The van der Waals surface area contributed by atoms with Crippen LogP contribution >= 0.6 is 11.3 Å². The number of anilines is 1. The highest BCUT2D eigenvalue weighted by atomic mass is 32.1. The van der Waals surface area contributed by atoms with Crippen molar-refractivity contribution in [2.45, 2.75) is 38.1 Å². The zero-order valence-corrected chi connectivity index (χ0v) is 14.0. The average Bonchev–Trinajstić information content (AvgIpc) is 3.12. The first-order valence-corrected chi connectivity index (χ1v) is 8.75. The molecule has 1 fully saturated rings. The van der Waals surface area contributed by atoms with Crippen molar-refractivity contribution in [3.8, 4) is 0 Å². The van der Waals surface area contributed by atoms with E-state index in [4.69, 9.17) is 0 Å². The molecule has 0 bridgehead atoms. The van der Waals surface area contributed by atoms with E-state index < -0.39 is 0 Å². The van der Waals surface area contributed by atoms with Gasteiger partial charge in [-0.25, -0.2) is 0 Å².